The third kappa shape index (κ3) is 3.85. The molecule has 1 atom stereocenters. The first-order valence-electron chi connectivity index (χ1n) is 8.13. The summed E-state index contributed by atoms with van der Waals surface area (Å²) in [6.07, 6.45) is 2.72. The number of piperidine rings is 1. The summed E-state index contributed by atoms with van der Waals surface area (Å²) in [4.78, 5) is 2.64. The van der Waals surface area contributed by atoms with Crippen molar-refractivity contribution >= 4 is 21.4 Å². The Morgan fingerprint density at radius 2 is 2.19 bits per heavy atom. The molecule has 1 aromatic heterocycles. The minimum absolute atomic E-state index is 0.598. The molecular formula is C18H26N2S. The van der Waals surface area contributed by atoms with Crippen LogP contribution in [-0.4, -0.2) is 30.6 Å². The molecule has 0 amide bonds. The molecule has 2 aromatic rings. The lowest BCUT2D eigenvalue weighted by atomic mass is 9.97. The Labute approximate surface area is 132 Å². The Kier molecular flexibility index (Phi) is 4.94. The largest absolute Gasteiger partial charge is 0.314 e. The van der Waals surface area contributed by atoms with Crippen molar-refractivity contribution in [2.24, 2.45) is 5.92 Å². The molecule has 0 radical (unpaired) electrons. The number of benzene rings is 1. The summed E-state index contributed by atoms with van der Waals surface area (Å²) in [6.45, 7) is 9.24. The number of hydrogen-bond donors (Lipinski definition) is 1. The minimum atomic E-state index is 0.598. The molecule has 3 rings (SSSR count). The van der Waals surface area contributed by atoms with E-state index >= 15 is 0 Å². The lowest BCUT2D eigenvalue weighted by Gasteiger charge is -2.33. The number of fused-ring (bicyclic) bond motifs is 1. The molecule has 1 fully saturated rings. The summed E-state index contributed by atoms with van der Waals surface area (Å²) in [5, 5.41) is 7.40. The van der Waals surface area contributed by atoms with Crippen LogP contribution in [0.5, 0.6) is 0 Å². The van der Waals surface area contributed by atoms with Gasteiger partial charge in [-0.3, -0.25) is 4.90 Å². The van der Waals surface area contributed by atoms with Gasteiger partial charge < -0.3 is 5.32 Å². The van der Waals surface area contributed by atoms with Gasteiger partial charge in [0.25, 0.3) is 0 Å². The Morgan fingerprint density at radius 3 is 3.05 bits per heavy atom. The molecule has 0 bridgehead atoms. The first-order chi connectivity index (χ1) is 10.2. The summed E-state index contributed by atoms with van der Waals surface area (Å²) in [7, 11) is 0. The Hall–Kier alpha value is -0.900. The van der Waals surface area contributed by atoms with Crippen molar-refractivity contribution in [3.05, 3.63) is 35.2 Å². The maximum atomic E-state index is 3.60. The second kappa shape index (κ2) is 6.91. The quantitative estimate of drug-likeness (QED) is 0.894. The number of rotatable bonds is 5. The highest BCUT2D eigenvalue weighted by Crippen LogP contribution is 2.28. The van der Waals surface area contributed by atoms with Crippen molar-refractivity contribution in [2.75, 3.05) is 19.6 Å². The van der Waals surface area contributed by atoms with Crippen molar-refractivity contribution in [3.8, 4) is 0 Å². The van der Waals surface area contributed by atoms with Crippen molar-refractivity contribution in [1.29, 1.82) is 0 Å². The van der Waals surface area contributed by atoms with Gasteiger partial charge >= 0.3 is 0 Å². The van der Waals surface area contributed by atoms with Crippen LogP contribution in [0.25, 0.3) is 10.1 Å². The molecule has 21 heavy (non-hydrogen) atoms. The lowest BCUT2D eigenvalue weighted by molar-refractivity contribution is 0.164. The van der Waals surface area contributed by atoms with Gasteiger partial charge in [-0.05, 0) is 54.2 Å². The smallest absolute Gasteiger partial charge is 0.0346 e. The van der Waals surface area contributed by atoms with E-state index in [0.29, 0.717) is 6.04 Å². The Balaban J connectivity index is 1.62. The molecule has 1 unspecified atom stereocenters. The number of nitrogens with one attached hydrogen (secondary N) is 1. The predicted octanol–water partition coefficient (Wildman–Crippen LogP) is 4.11. The lowest BCUT2D eigenvalue weighted by Crippen LogP contribution is -2.40. The van der Waals surface area contributed by atoms with Crippen molar-refractivity contribution in [1.82, 2.24) is 10.2 Å². The van der Waals surface area contributed by atoms with E-state index < -0.39 is 0 Å². The number of likely N-dealkylation sites (tertiary alicyclic amines) is 1. The van der Waals surface area contributed by atoms with Crippen LogP contribution in [0.3, 0.4) is 0 Å². The molecule has 1 aliphatic rings. The van der Waals surface area contributed by atoms with Crippen LogP contribution in [0, 0.1) is 5.92 Å². The predicted molar refractivity (Wildman–Crippen MR) is 93.0 cm³/mol. The summed E-state index contributed by atoms with van der Waals surface area (Å²) < 4.78 is 1.42. The molecule has 0 saturated carbocycles. The molecule has 0 aliphatic carbocycles. The molecule has 2 heterocycles. The first-order valence-corrected chi connectivity index (χ1v) is 9.01. The average molecular weight is 302 g/mol. The molecule has 0 spiro atoms. The van der Waals surface area contributed by atoms with E-state index in [0.717, 1.165) is 12.5 Å². The van der Waals surface area contributed by atoms with Crippen LogP contribution in [0.2, 0.25) is 0 Å². The summed E-state index contributed by atoms with van der Waals surface area (Å²) in [5.74, 6) is 0.811. The normalized spacial score (nSPS) is 20.4. The number of nitrogens with zero attached hydrogens (tertiary/aromatic N) is 1. The Morgan fingerprint density at radius 1 is 1.33 bits per heavy atom. The summed E-state index contributed by atoms with van der Waals surface area (Å²) in [5.41, 5.74) is 1.51. The van der Waals surface area contributed by atoms with Gasteiger partial charge in [0, 0.05) is 23.8 Å². The monoisotopic (exact) mass is 302 g/mol. The van der Waals surface area contributed by atoms with Crippen LogP contribution >= 0.6 is 11.3 Å². The highest BCUT2D eigenvalue weighted by Gasteiger charge is 2.20. The molecule has 1 aromatic carbocycles. The van der Waals surface area contributed by atoms with Gasteiger partial charge in [0.05, 0.1) is 0 Å². The number of thiophene rings is 1. The molecule has 3 heteroatoms. The fourth-order valence-electron chi connectivity index (χ4n) is 3.26. The second-order valence-corrected chi connectivity index (χ2v) is 7.47. The maximum absolute atomic E-state index is 3.60. The SMILES string of the molecule is CC(C)NCC1CCCN(Cc2csc3ccccc23)C1. The summed E-state index contributed by atoms with van der Waals surface area (Å²) in [6, 6.07) is 9.39. The van der Waals surface area contributed by atoms with Crippen molar-refractivity contribution in [2.45, 2.75) is 39.3 Å². The van der Waals surface area contributed by atoms with Gasteiger partial charge in [0.2, 0.25) is 0 Å². The maximum Gasteiger partial charge on any atom is 0.0346 e. The van der Waals surface area contributed by atoms with Crippen molar-refractivity contribution in [3.63, 3.8) is 0 Å². The topological polar surface area (TPSA) is 15.3 Å². The van der Waals surface area contributed by atoms with E-state index in [9.17, 15) is 0 Å². The van der Waals surface area contributed by atoms with Gasteiger partial charge in [0.1, 0.15) is 0 Å². The third-order valence-electron chi connectivity index (χ3n) is 4.37. The van der Waals surface area contributed by atoms with E-state index in [1.165, 1.54) is 48.1 Å². The molecule has 1 aliphatic heterocycles. The van der Waals surface area contributed by atoms with Crippen molar-refractivity contribution < 1.29 is 0 Å². The summed E-state index contributed by atoms with van der Waals surface area (Å²) >= 11 is 1.88. The zero-order valence-corrected chi connectivity index (χ0v) is 14.0. The zero-order chi connectivity index (χ0) is 14.7. The van der Waals surface area contributed by atoms with E-state index in [2.05, 4.69) is 53.7 Å². The molecular weight excluding hydrogens is 276 g/mol. The van der Waals surface area contributed by atoms with Crippen LogP contribution in [-0.2, 0) is 6.54 Å². The second-order valence-electron chi connectivity index (χ2n) is 6.56. The van der Waals surface area contributed by atoms with E-state index in [1.807, 2.05) is 11.3 Å². The van der Waals surface area contributed by atoms with Gasteiger partial charge in [-0.2, -0.15) is 0 Å². The van der Waals surface area contributed by atoms with E-state index in [4.69, 9.17) is 0 Å². The zero-order valence-electron chi connectivity index (χ0n) is 13.1. The van der Waals surface area contributed by atoms with Crippen LogP contribution in [0.4, 0.5) is 0 Å². The third-order valence-corrected chi connectivity index (χ3v) is 5.39. The highest BCUT2D eigenvalue weighted by atomic mass is 32.1. The fourth-order valence-corrected chi connectivity index (χ4v) is 4.21. The minimum Gasteiger partial charge on any atom is -0.314 e. The molecule has 1 saturated heterocycles. The van der Waals surface area contributed by atoms with E-state index in [-0.39, 0.29) is 0 Å². The molecule has 114 valence electrons. The van der Waals surface area contributed by atoms with Gasteiger partial charge in [-0.1, -0.05) is 32.0 Å². The standard InChI is InChI=1S/C18H26N2S/c1-14(2)19-10-15-6-5-9-20(11-15)12-16-13-21-18-8-4-3-7-17(16)18/h3-4,7-8,13-15,19H,5-6,9-12H2,1-2H3. The van der Waals surface area contributed by atoms with E-state index in [1.54, 1.807) is 0 Å². The first kappa shape index (κ1) is 15.0. The molecule has 2 nitrogen and oxygen atoms in total. The van der Waals surface area contributed by atoms with Gasteiger partial charge in [-0.25, -0.2) is 0 Å². The van der Waals surface area contributed by atoms with Crippen LogP contribution in [0.1, 0.15) is 32.3 Å². The highest BCUT2D eigenvalue weighted by molar-refractivity contribution is 7.17. The van der Waals surface area contributed by atoms with Gasteiger partial charge in [0.15, 0.2) is 0 Å². The fraction of sp³-hybridized carbons (Fsp3) is 0.556. The van der Waals surface area contributed by atoms with Crippen LogP contribution in [0.15, 0.2) is 29.6 Å². The number of hydrogen-bond acceptors (Lipinski definition) is 3. The Bertz CT molecular complexity index is 575. The average Bonchev–Trinajstić information content (AvgIpc) is 2.89. The molecule has 1 N–H and O–H groups in total. The van der Waals surface area contributed by atoms with Crippen LogP contribution < -0.4 is 5.32 Å². The van der Waals surface area contributed by atoms with Gasteiger partial charge in [-0.15, -0.1) is 11.3 Å².